The first-order valence-electron chi connectivity index (χ1n) is 3.95. The van der Waals surface area contributed by atoms with Crippen LogP contribution in [0.5, 0.6) is 0 Å². The van der Waals surface area contributed by atoms with Gasteiger partial charge < -0.3 is 10.4 Å². The molecule has 1 N–H and O–H groups in total. The third-order valence-corrected chi connectivity index (χ3v) is 0.671. The van der Waals surface area contributed by atoms with Gasteiger partial charge in [-0.05, 0) is 6.42 Å². The monoisotopic (exact) mass is 250 g/mol. The summed E-state index contributed by atoms with van der Waals surface area (Å²) in [4.78, 5) is 0. The summed E-state index contributed by atoms with van der Waals surface area (Å²) < 4.78 is 0. The zero-order valence-corrected chi connectivity index (χ0v) is 11.1. The molecule has 12 heavy (non-hydrogen) atoms. The normalized spacial score (nSPS) is 7.17. The number of hydrogen-bond donors (Lipinski definition) is 1. The van der Waals surface area contributed by atoms with Gasteiger partial charge in [-0.15, -0.1) is 0 Å². The van der Waals surface area contributed by atoms with Gasteiger partial charge in [-0.25, -0.2) is 0 Å². The van der Waals surface area contributed by atoms with Crippen molar-refractivity contribution in [2.45, 2.75) is 27.2 Å². The zero-order chi connectivity index (χ0) is 10.2. The molecule has 0 unspecified atom stereocenters. The van der Waals surface area contributed by atoms with Gasteiger partial charge in [-0.2, -0.15) is 13.1 Å². The van der Waals surface area contributed by atoms with E-state index in [9.17, 15) is 0 Å². The van der Waals surface area contributed by atoms with Crippen LogP contribution in [0.1, 0.15) is 27.2 Å². The van der Waals surface area contributed by atoms with E-state index in [-0.39, 0.29) is 0 Å². The maximum atomic E-state index is 7.88. The van der Waals surface area contributed by atoms with E-state index in [2.05, 4.69) is 5.32 Å². The van der Waals surface area contributed by atoms with E-state index >= 15 is 0 Å². The second-order valence-corrected chi connectivity index (χ2v) is 4.23. The number of nitrogens with zero attached hydrogens (tertiary/aromatic N) is 1. The van der Waals surface area contributed by atoms with E-state index in [1.54, 1.807) is 0 Å². The van der Waals surface area contributed by atoms with Crippen LogP contribution in [0.4, 0.5) is 0 Å². The molecule has 0 aliphatic heterocycles. The summed E-state index contributed by atoms with van der Waals surface area (Å²) >= 11 is -0.556. The quantitative estimate of drug-likeness (QED) is 0.768. The predicted octanol–water partition coefficient (Wildman–Crippen LogP) is 3.17. The van der Waals surface area contributed by atoms with Crippen LogP contribution in [0.15, 0.2) is 0 Å². The van der Waals surface area contributed by atoms with Crippen LogP contribution in [-0.4, -0.2) is 24.8 Å². The molecular formula is C7H18Cl2NOTi-. The molecule has 0 rings (SSSR count). The summed E-state index contributed by atoms with van der Waals surface area (Å²) in [6, 6.07) is 0. The Morgan fingerprint density at radius 2 is 1.42 bits per heavy atom. The van der Waals surface area contributed by atoms with Crippen LogP contribution in [0.25, 0.3) is 5.32 Å². The van der Waals surface area contributed by atoms with Gasteiger partial charge in [0.05, 0.1) is 0 Å². The predicted molar refractivity (Wildman–Crippen MR) is 53.5 cm³/mol. The third kappa shape index (κ3) is 65.9. The Balaban J connectivity index is -0.000000105. The van der Waals surface area contributed by atoms with Crippen molar-refractivity contribution in [1.29, 1.82) is 0 Å². The minimum atomic E-state index is -0.556. The molecule has 0 bridgehead atoms. The Morgan fingerprint density at radius 1 is 1.17 bits per heavy atom. The Hall–Kier alpha value is 1.21. The number of aliphatic hydroxyl groups excluding tert-OH is 1. The topological polar surface area (TPSA) is 34.3 Å². The van der Waals surface area contributed by atoms with Gasteiger partial charge in [0.25, 0.3) is 0 Å². The Bertz CT molecular complexity index is 48.4. The van der Waals surface area contributed by atoms with Crippen molar-refractivity contribution in [2.24, 2.45) is 0 Å². The molecule has 0 fully saturated rings. The molecule has 2 nitrogen and oxygen atoms in total. The van der Waals surface area contributed by atoms with Gasteiger partial charge in [0.2, 0.25) is 0 Å². The average molecular weight is 251 g/mol. The summed E-state index contributed by atoms with van der Waals surface area (Å²) in [6.45, 7) is 8.28. The minimum absolute atomic E-state index is 0.319. The maximum absolute atomic E-state index is 7.88. The van der Waals surface area contributed by atoms with E-state index < -0.39 is 17.0 Å². The average Bonchev–Trinajstić information content (AvgIpc) is 2.08. The van der Waals surface area contributed by atoms with Crippen molar-refractivity contribution in [3.05, 3.63) is 5.32 Å². The summed E-state index contributed by atoms with van der Waals surface area (Å²) in [5.41, 5.74) is 0. The molecule has 0 amide bonds. The van der Waals surface area contributed by atoms with Crippen LogP contribution in [0, 0.1) is 0 Å². The van der Waals surface area contributed by atoms with Crippen molar-refractivity contribution in [3.8, 4) is 0 Å². The van der Waals surface area contributed by atoms with Crippen molar-refractivity contribution in [1.82, 2.24) is 0 Å². The molecular weight excluding hydrogens is 233 g/mol. The number of hydrogen-bond acceptors (Lipinski definition) is 1. The van der Waals surface area contributed by atoms with Crippen LogP contribution < -0.4 is 0 Å². The molecule has 5 heteroatoms. The SMILES string of the molecule is CCCO.CC[N-]CC.[Cl][Ti][Cl]. The van der Waals surface area contributed by atoms with E-state index in [1.807, 2.05) is 20.8 Å². The molecule has 0 spiro atoms. The molecule has 0 aromatic carbocycles. The third-order valence-electron chi connectivity index (χ3n) is 0.671. The van der Waals surface area contributed by atoms with Crippen LogP contribution >= 0.6 is 18.6 Å². The Morgan fingerprint density at radius 3 is 1.42 bits per heavy atom. The van der Waals surface area contributed by atoms with E-state index in [4.69, 9.17) is 23.7 Å². The summed E-state index contributed by atoms with van der Waals surface area (Å²) in [7, 11) is 9.78. The Labute approximate surface area is 92.7 Å². The molecule has 0 aromatic heterocycles. The van der Waals surface area contributed by atoms with Gasteiger partial charge in [0, 0.05) is 6.61 Å². The van der Waals surface area contributed by atoms with Gasteiger partial charge in [-0.1, -0.05) is 20.8 Å². The van der Waals surface area contributed by atoms with Crippen LogP contribution in [-0.2, 0) is 17.0 Å². The fourth-order valence-electron chi connectivity index (χ4n) is 0.224. The van der Waals surface area contributed by atoms with E-state index in [0.29, 0.717) is 6.61 Å². The second-order valence-electron chi connectivity index (χ2n) is 1.65. The summed E-state index contributed by atoms with van der Waals surface area (Å²) in [5, 5.41) is 11.8. The molecule has 0 saturated carbocycles. The van der Waals surface area contributed by atoms with Crippen molar-refractivity contribution in [2.75, 3.05) is 19.7 Å². The molecule has 0 saturated heterocycles. The fraction of sp³-hybridized carbons (Fsp3) is 1.00. The first kappa shape index (κ1) is 18.9. The Kier molecular flexibility index (Phi) is 46.5. The molecule has 0 radical (unpaired) electrons. The van der Waals surface area contributed by atoms with Crippen LogP contribution in [0.2, 0.25) is 0 Å². The number of rotatable bonds is 3. The van der Waals surface area contributed by atoms with Crippen molar-refractivity contribution >= 4 is 18.6 Å². The van der Waals surface area contributed by atoms with Crippen molar-refractivity contribution < 1.29 is 22.1 Å². The first-order chi connectivity index (χ1) is 5.74. The second kappa shape index (κ2) is 29.5. The van der Waals surface area contributed by atoms with Gasteiger partial charge in [-0.3, -0.25) is 0 Å². The number of aliphatic hydroxyl groups is 1. The molecule has 0 heterocycles. The molecule has 76 valence electrons. The molecule has 0 aliphatic rings. The molecule has 0 aromatic rings. The van der Waals surface area contributed by atoms with E-state index in [0.717, 1.165) is 19.5 Å². The summed E-state index contributed by atoms with van der Waals surface area (Å²) in [6.07, 6.45) is 0.875. The summed E-state index contributed by atoms with van der Waals surface area (Å²) in [5.74, 6) is 0. The standard InChI is InChI=1S/C4H10N.C3H8O.2ClH.Ti/c1-3-5-4-2;1-2-3-4;;;/h3-4H2,1-2H3;4H,2-3H2,1H3;2*1H;/q-1;;;;+2/p-2. The van der Waals surface area contributed by atoms with Crippen LogP contribution in [0.3, 0.4) is 0 Å². The molecule has 0 atom stereocenters. The van der Waals surface area contributed by atoms with Crippen molar-refractivity contribution in [3.63, 3.8) is 0 Å². The van der Waals surface area contributed by atoms with Gasteiger partial charge >= 0.3 is 35.6 Å². The number of halogens is 2. The zero-order valence-electron chi connectivity index (χ0n) is 7.98. The first-order valence-corrected chi connectivity index (χ1v) is 8.25. The van der Waals surface area contributed by atoms with Gasteiger partial charge in [0.15, 0.2) is 0 Å². The molecule has 0 aliphatic carbocycles. The fourth-order valence-corrected chi connectivity index (χ4v) is 0.224. The van der Waals surface area contributed by atoms with Gasteiger partial charge in [0.1, 0.15) is 0 Å². The van der Waals surface area contributed by atoms with E-state index in [1.165, 1.54) is 0 Å².